The summed E-state index contributed by atoms with van der Waals surface area (Å²) in [5.74, 6) is -0.106. The van der Waals surface area contributed by atoms with Gasteiger partial charge in [0.15, 0.2) is 11.0 Å². The van der Waals surface area contributed by atoms with E-state index in [4.69, 9.17) is 23.2 Å². The molecular formula is C24H17Cl2F3N4OS. The summed E-state index contributed by atoms with van der Waals surface area (Å²) < 4.78 is 40.8. The topological polar surface area (TPSA) is 59.8 Å². The van der Waals surface area contributed by atoms with E-state index in [0.29, 0.717) is 16.0 Å². The minimum atomic E-state index is -4.56. The summed E-state index contributed by atoms with van der Waals surface area (Å²) in [7, 11) is 0. The van der Waals surface area contributed by atoms with Crippen LogP contribution >= 0.6 is 35.0 Å². The molecule has 1 amide bonds. The fourth-order valence-corrected chi connectivity index (χ4v) is 4.31. The summed E-state index contributed by atoms with van der Waals surface area (Å²) in [6.07, 6.45) is -4.56. The Morgan fingerprint density at radius 1 is 1.03 bits per heavy atom. The van der Waals surface area contributed by atoms with Crippen LogP contribution in [-0.2, 0) is 11.0 Å². The molecule has 0 fully saturated rings. The number of halogens is 5. The summed E-state index contributed by atoms with van der Waals surface area (Å²) in [5.41, 5.74) is 1.58. The molecule has 0 spiro atoms. The van der Waals surface area contributed by atoms with E-state index in [9.17, 15) is 18.0 Å². The minimum Gasteiger partial charge on any atom is -0.324 e. The third-order valence-corrected chi connectivity index (χ3v) is 6.41. The SMILES string of the molecule is Cc1cccc(-c2nnc(SCC(=O)Nc3cc(C(F)(F)F)ccc3Cl)n2-c2ccc(Cl)cc2)c1. The Hall–Kier alpha value is -3.01. The first-order chi connectivity index (χ1) is 16.6. The number of carbonyl (C=O) groups excluding carboxylic acids is 1. The molecule has 0 unspecified atom stereocenters. The second-order valence-corrected chi connectivity index (χ2v) is 9.30. The van der Waals surface area contributed by atoms with Gasteiger partial charge in [0.05, 0.1) is 22.0 Å². The number of alkyl halides is 3. The van der Waals surface area contributed by atoms with Gasteiger partial charge in [0.1, 0.15) is 0 Å². The van der Waals surface area contributed by atoms with Gasteiger partial charge in [0.2, 0.25) is 5.91 Å². The number of rotatable bonds is 6. The molecule has 0 atom stereocenters. The minimum absolute atomic E-state index is 0.00224. The molecule has 0 saturated carbocycles. The highest BCUT2D eigenvalue weighted by Crippen LogP contribution is 2.34. The Labute approximate surface area is 213 Å². The number of benzene rings is 3. The number of hydrogen-bond donors (Lipinski definition) is 1. The van der Waals surface area contributed by atoms with Crippen LogP contribution in [0.4, 0.5) is 18.9 Å². The Kier molecular flexibility index (Phi) is 7.39. The van der Waals surface area contributed by atoms with Crippen molar-refractivity contribution in [3.8, 4) is 17.1 Å². The van der Waals surface area contributed by atoms with Crippen molar-refractivity contribution in [1.82, 2.24) is 14.8 Å². The number of nitrogens with one attached hydrogen (secondary N) is 1. The van der Waals surface area contributed by atoms with Crippen LogP contribution in [0.1, 0.15) is 11.1 Å². The third-order valence-electron chi connectivity index (χ3n) is 4.89. The highest BCUT2D eigenvalue weighted by molar-refractivity contribution is 7.99. The van der Waals surface area contributed by atoms with Crippen molar-refractivity contribution in [3.05, 3.63) is 87.9 Å². The first-order valence-corrected chi connectivity index (χ1v) is 11.9. The molecule has 180 valence electrons. The molecular weight excluding hydrogens is 520 g/mol. The lowest BCUT2D eigenvalue weighted by atomic mass is 10.1. The Bertz CT molecular complexity index is 1370. The van der Waals surface area contributed by atoms with Crippen molar-refractivity contribution < 1.29 is 18.0 Å². The average Bonchev–Trinajstić information content (AvgIpc) is 3.23. The lowest BCUT2D eigenvalue weighted by molar-refractivity contribution is -0.137. The predicted octanol–water partition coefficient (Wildman–Crippen LogP) is 7.30. The van der Waals surface area contributed by atoms with Crippen LogP contribution in [0.3, 0.4) is 0 Å². The zero-order valence-electron chi connectivity index (χ0n) is 18.1. The molecule has 0 aliphatic rings. The molecule has 0 radical (unpaired) electrons. The molecule has 1 aromatic heterocycles. The number of nitrogens with zero attached hydrogens (tertiary/aromatic N) is 3. The van der Waals surface area contributed by atoms with Crippen LogP contribution in [0.2, 0.25) is 10.0 Å². The van der Waals surface area contributed by atoms with E-state index in [2.05, 4.69) is 15.5 Å². The lowest BCUT2D eigenvalue weighted by Crippen LogP contribution is -2.16. The Balaban J connectivity index is 1.59. The number of thioether (sulfide) groups is 1. The van der Waals surface area contributed by atoms with E-state index in [1.807, 2.05) is 31.2 Å². The van der Waals surface area contributed by atoms with Crippen LogP contribution in [0.5, 0.6) is 0 Å². The summed E-state index contributed by atoms with van der Waals surface area (Å²) in [6.45, 7) is 1.96. The number of aryl methyl sites for hydroxylation is 1. The van der Waals surface area contributed by atoms with Crippen molar-refractivity contribution >= 4 is 46.6 Å². The van der Waals surface area contributed by atoms with Gasteiger partial charge < -0.3 is 5.32 Å². The van der Waals surface area contributed by atoms with Crippen molar-refractivity contribution in [1.29, 1.82) is 0 Å². The van der Waals surface area contributed by atoms with Crippen molar-refractivity contribution in [2.45, 2.75) is 18.3 Å². The van der Waals surface area contributed by atoms with E-state index in [-0.39, 0.29) is 16.5 Å². The molecule has 5 nitrogen and oxygen atoms in total. The first kappa shape index (κ1) is 25.1. The van der Waals surface area contributed by atoms with Gasteiger partial charge in [-0.1, -0.05) is 58.7 Å². The first-order valence-electron chi connectivity index (χ1n) is 10.2. The number of amides is 1. The molecule has 35 heavy (non-hydrogen) atoms. The summed E-state index contributed by atoms with van der Waals surface area (Å²) in [4.78, 5) is 12.6. The molecule has 4 rings (SSSR count). The van der Waals surface area contributed by atoms with Gasteiger partial charge in [-0.2, -0.15) is 13.2 Å². The molecule has 0 aliphatic carbocycles. The monoisotopic (exact) mass is 536 g/mol. The third kappa shape index (κ3) is 5.98. The van der Waals surface area contributed by atoms with Gasteiger partial charge in [0.25, 0.3) is 0 Å². The summed E-state index contributed by atoms with van der Waals surface area (Å²) in [5, 5.41) is 12.0. The van der Waals surface area contributed by atoms with Crippen LogP contribution < -0.4 is 5.32 Å². The molecule has 4 aromatic rings. The van der Waals surface area contributed by atoms with Gasteiger partial charge in [-0.25, -0.2) is 0 Å². The quantitative estimate of drug-likeness (QED) is 0.262. The second kappa shape index (κ2) is 10.3. The van der Waals surface area contributed by atoms with E-state index in [1.54, 1.807) is 28.8 Å². The number of carbonyl (C=O) groups is 1. The van der Waals surface area contributed by atoms with Crippen LogP contribution in [0, 0.1) is 6.92 Å². The highest BCUT2D eigenvalue weighted by atomic mass is 35.5. The van der Waals surface area contributed by atoms with Crippen molar-refractivity contribution in [3.63, 3.8) is 0 Å². The number of aromatic nitrogens is 3. The van der Waals surface area contributed by atoms with Gasteiger partial charge in [-0.3, -0.25) is 9.36 Å². The second-order valence-electron chi connectivity index (χ2n) is 7.52. The molecule has 11 heteroatoms. The summed E-state index contributed by atoms with van der Waals surface area (Å²) in [6, 6.07) is 17.6. The van der Waals surface area contributed by atoms with Crippen molar-refractivity contribution in [2.75, 3.05) is 11.1 Å². The fraction of sp³-hybridized carbons (Fsp3) is 0.125. The van der Waals surface area contributed by atoms with Gasteiger partial charge in [0, 0.05) is 16.3 Å². The van der Waals surface area contributed by atoms with Gasteiger partial charge in [-0.15, -0.1) is 10.2 Å². The fourth-order valence-electron chi connectivity index (χ4n) is 3.27. The molecule has 0 aliphatic heterocycles. The maximum atomic E-state index is 13.0. The number of anilines is 1. The van der Waals surface area contributed by atoms with E-state index in [1.165, 1.54) is 0 Å². The molecule has 1 N–H and O–H groups in total. The van der Waals surface area contributed by atoms with E-state index >= 15 is 0 Å². The highest BCUT2D eigenvalue weighted by Gasteiger charge is 2.31. The Morgan fingerprint density at radius 3 is 2.46 bits per heavy atom. The standard InChI is InChI=1S/C24H17Cl2F3N4OS/c1-14-3-2-4-15(11-14)22-31-32-23(33(22)18-8-6-17(25)7-9-18)35-13-21(34)30-20-12-16(24(27,28)29)5-10-19(20)26/h2-12H,13H2,1H3,(H,30,34). The van der Waals surface area contributed by atoms with Gasteiger partial charge >= 0.3 is 6.18 Å². The maximum absolute atomic E-state index is 13.0. The molecule has 0 saturated heterocycles. The smallest absolute Gasteiger partial charge is 0.324 e. The molecule has 3 aromatic carbocycles. The van der Waals surface area contributed by atoms with E-state index < -0.39 is 17.6 Å². The zero-order valence-corrected chi connectivity index (χ0v) is 20.4. The number of hydrogen-bond acceptors (Lipinski definition) is 4. The van der Waals surface area contributed by atoms with Crippen LogP contribution in [0.25, 0.3) is 17.1 Å². The van der Waals surface area contributed by atoms with E-state index in [0.717, 1.165) is 46.8 Å². The van der Waals surface area contributed by atoms with Crippen LogP contribution in [-0.4, -0.2) is 26.4 Å². The lowest BCUT2D eigenvalue weighted by Gasteiger charge is -2.12. The van der Waals surface area contributed by atoms with Crippen LogP contribution in [0.15, 0.2) is 71.9 Å². The zero-order chi connectivity index (χ0) is 25.2. The predicted molar refractivity (Wildman–Crippen MR) is 132 cm³/mol. The van der Waals surface area contributed by atoms with Gasteiger partial charge in [-0.05, 0) is 55.5 Å². The molecule has 1 heterocycles. The average molecular weight is 537 g/mol. The van der Waals surface area contributed by atoms with Crippen molar-refractivity contribution in [2.24, 2.45) is 0 Å². The Morgan fingerprint density at radius 2 is 1.77 bits per heavy atom. The normalized spacial score (nSPS) is 11.5. The largest absolute Gasteiger partial charge is 0.416 e. The molecule has 0 bridgehead atoms. The summed E-state index contributed by atoms with van der Waals surface area (Å²) >= 11 is 13.1. The maximum Gasteiger partial charge on any atom is 0.416 e.